The molecule has 0 atom stereocenters. The van der Waals surface area contributed by atoms with Crippen LogP contribution in [0.1, 0.15) is 5.82 Å². The minimum atomic E-state index is 0.205. The molecule has 0 aliphatic carbocycles. The Hall–Kier alpha value is -2.83. The lowest BCUT2D eigenvalue weighted by molar-refractivity contribution is 0.415. The van der Waals surface area contributed by atoms with Crippen molar-refractivity contribution < 1.29 is 4.74 Å². The molecule has 0 aliphatic rings. The highest BCUT2D eigenvalue weighted by Crippen LogP contribution is 2.26. The van der Waals surface area contributed by atoms with Gasteiger partial charge in [0.1, 0.15) is 11.6 Å². The van der Waals surface area contributed by atoms with E-state index in [4.69, 9.17) is 10.5 Å². The number of aryl methyl sites for hydroxylation is 2. The van der Waals surface area contributed by atoms with Gasteiger partial charge in [0, 0.05) is 18.8 Å². The number of fused-ring (bicyclic) bond motifs is 1. The summed E-state index contributed by atoms with van der Waals surface area (Å²) in [6.45, 7) is 1.91. The van der Waals surface area contributed by atoms with E-state index in [1.165, 1.54) is 0 Å². The normalized spacial score (nSPS) is 10.8. The Morgan fingerprint density at radius 3 is 2.81 bits per heavy atom. The summed E-state index contributed by atoms with van der Waals surface area (Å²) in [4.78, 5) is 13.0. The van der Waals surface area contributed by atoms with Gasteiger partial charge < -0.3 is 20.4 Å². The molecule has 21 heavy (non-hydrogen) atoms. The highest BCUT2D eigenvalue weighted by molar-refractivity contribution is 5.86. The third-order valence-corrected chi connectivity index (χ3v) is 3.29. The predicted octanol–water partition coefficient (Wildman–Crippen LogP) is 2.01. The van der Waals surface area contributed by atoms with Gasteiger partial charge in [-0.2, -0.15) is 9.97 Å². The molecule has 3 aromatic rings. The van der Waals surface area contributed by atoms with Crippen molar-refractivity contribution >= 4 is 28.6 Å². The van der Waals surface area contributed by atoms with Crippen molar-refractivity contribution in [2.45, 2.75) is 6.92 Å². The maximum atomic E-state index is 5.78. The van der Waals surface area contributed by atoms with Crippen molar-refractivity contribution in [1.29, 1.82) is 0 Å². The summed E-state index contributed by atoms with van der Waals surface area (Å²) < 4.78 is 7.09. The molecule has 0 radical (unpaired) electrons. The van der Waals surface area contributed by atoms with Gasteiger partial charge >= 0.3 is 0 Å². The number of ether oxygens (including phenoxy) is 1. The Balaban J connectivity index is 2.09. The number of aromatic nitrogens is 4. The summed E-state index contributed by atoms with van der Waals surface area (Å²) in [5, 5.41) is 3.22. The van der Waals surface area contributed by atoms with E-state index in [9.17, 15) is 0 Å². The number of nitrogens with one attached hydrogen (secondary N) is 1. The van der Waals surface area contributed by atoms with E-state index in [0.717, 1.165) is 17.3 Å². The van der Waals surface area contributed by atoms with Gasteiger partial charge in [0.05, 0.1) is 7.11 Å². The van der Waals surface area contributed by atoms with Crippen LogP contribution in [0.2, 0.25) is 0 Å². The molecule has 0 saturated carbocycles. The van der Waals surface area contributed by atoms with E-state index < -0.39 is 0 Å². The third-order valence-electron chi connectivity index (χ3n) is 3.29. The number of rotatable bonds is 3. The molecule has 2 heterocycles. The average molecular weight is 284 g/mol. The largest absolute Gasteiger partial charge is 0.497 e. The lowest BCUT2D eigenvalue weighted by Crippen LogP contribution is -2.02. The smallest absolute Gasteiger partial charge is 0.224 e. The van der Waals surface area contributed by atoms with E-state index in [0.29, 0.717) is 17.0 Å². The van der Waals surface area contributed by atoms with Crippen molar-refractivity contribution in [3.05, 3.63) is 30.1 Å². The fourth-order valence-corrected chi connectivity index (χ4v) is 2.11. The van der Waals surface area contributed by atoms with E-state index >= 15 is 0 Å². The molecule has 1 aromatic carbocycles. The number of methoxy groups -OCH3 is 1. The van der Waals surface area contributed by atoms with Crippen molar-refractivity contribution in [1.82, 2.24) is 19.5 Å². The summed E-state index contributed by atoms with van der Waals surface area (Å²) in [6, 6.07) is 7.56. The van der Waals surface area contributed by atoms with Gasteiger partial charge in [0.25, 0.3) is 0 Å². The van der Waals surface area contributed by atoms with Gasteiger partial charge in [-0.3, -0.25) is 0 Å². The lowest BCUT2D eigenvalue weighted by Gasteiger charge is -2.08. The van der Waals surface area contributed by atoms with Gasteiger partial charge in [-0.05, 0) is 19.1 Å². The number of imidazole rings is 1. The molecule has 0 aliphatic heterocycles. The minimum absolute atomic E-state index is 0.205. The number of anilines is 3. The first kappa shape index (κ1) is 13.2. The molecule has 2 aromatic heterocycles. The molecule has 3 N–H and O–H groups in total. The average Bonchev–Trinajstić information content (AvgIpc) is 2.76. The first-order chi connectivity index (χ1) is 10.1. The van der Waals surface area contributed by atoms with Crippen LogP contribution < -0.4 is 15.8 Å². The molecule has 0 saturated heterocycles. The van der Waals surface area contributed by atoms with Gasteiger partial charge in [-0.15, -0.1) is 0 Å². The number of nitrogen functional groups attached to an aromatic ring is 1. The van der Waals surface area contributed by atoms with Crippen LogP contribution in [0.5, 0.6) is 5.75 Å². The van der Waals surface area contributed by atoms with Crippen molar-refractivity contribution in [3.8, 4) is 5.75 Å². The topological polar surface area (TPSA) is 90.9 Å². The van der Waals surface area contributed by atoms with Crippen LogP contribution in [-0.2, 0) is 7.05 Å². The zero-order valence-electron chi connectivity index (χ0n) is 12.1. The third kappa shape index (κ3) is 2.33. The van der Waals surface area contributed by atoms with Gasteiger partial charge in [0.15, 0.2) is 17.0 Å². The van der Waals surface area contributed by atoms with Crippen LogP contribution in [0.3, 0.4) is 0 Å². The molecule has 0 amide bonds. The zero-order valence-corrected chi connectivity index (χ0v) is 12.1. The Labute approximate surface area is 121 Å². The highest BCUT2D eigenvalue weighted by atomic mass is 16.5. The zero-order chi connectivity index (χ0) is 15.0. The van der Waals surface area contributed by atoms with Crippen LogP contribution >= 0.6 is 0 Å². The molecule has 3 rings (SSSR count). The fraction of sp³-hybridized carbons (Fsp3) is 0.214. The lowest BCUT2D eigenvalue weighted by atomic mass is 10.3. The fourth-order valence-electron chi connectivity index (χ4n) is 2.11. The Kier molecular flexibility index (Phi) is 3.09. The van der Waals surface area contributed by atoms with E-state index in [1.807, 2.05) is 42.8 Å². The second kappa shape index (κ2) is 4.93. The maximum Gasteiger partial charge on any atom is 0.224 e. The molecule has 0 unspecified atom stereocenters. The summed E-state index contributed by atoms with van der Waals surface area (Å²) in [5.74, 6) is 2.39. The minimum Gasteiger partial charge on any atom is -0.497 e. The summed E-state index contributed by atoms with van der Waals surface area (Å²) in [5.41, 5.74) is 8.02. The first-order valence-corrected chi connectivity index (χ1v) is 6.46. The summed E-state index contributed by atoms with van der Waals surface area (Å²) in [6.07, 6.45) is 0. The molecular formula is C14H16N6O. The van der Waals surface area contributed by atoms with Gasteiger partial charge in [-0.25, -0.2) is 4.98 Å². The van der Waals surface area contributed by atoms with Crippen molar-refractivity contribution in [3.63, 3.8) is 0 Å². The monoisotopic (exact) mass is 284 g/mol. The molecule has 0 fully saturated rings. The number of nitrogens with two attached hydrogens (primary N) is 1. The number of benzene rings is 1. The van der Waals surface area contributed by atoms with Crippen LogP contribution in [0.15, 0.2) is 24.3 Å². The quantitative estimate of drug-likeness (QED) is 0.764. The number of hydrogen-bond donors (Lipinski definition) is 2. The molecule has 7 nitrogen and oxygen atoms in total. The van der Waals surface area contributed by atoms with Crippen LogP contribution in [0.4, 0.5) is 17.5 Å². The second-order valence-corrected chi connectivity index (χ2v) is 4.68. The standard InChI is InChI=1S/C14H16N6O/c1-8-16-11-12(18-14(15)19-13(11)20(8)2)17-9-5-4-6-10(7-9)21-3/h4-7H,1-3H3,(H3,15,17,18,19). The van der Waals surface area contributed by atoms with Gasteiger partial charge in [0.2, 0.25) is 5.95 Å². The highest BCUT2D eigenvalue weighted by Gasteiger charge is 2.13. The van der Waals surface area contributed by atoms with Crippen LogP contribution in [-0.4, -0.2) is 26.6 Å². The second-order valence-electron chi connectivity index (χ2n) is 4.68. The van der Waals surface area contributed by atoms with E-state index in [1.54, 1.807) is 7.11 Å². The summed E-state index contributed by atoms with van der Waals surface area (Å²) >= 11 is 0. The first-order valence-electron chi connectivity index (χ1n) is 6.46. The number of hydrogen-bond acceptors (Lipinski definition) is 6. The molecule has 7 heteroatoms. The van der Waals surface area contributed by atoms with Crippen molar-refractivity contribution in [2.75, 3.05) is 18.2 Å². The predicted molar refractivity (Wildman–Crippen MR) is 81.7 cm³/mol. The van der Waals surface area contributed by atoms with E-state index in [2.05, 4.69) is 20.3 Å². The van der Waals surface area contributed by atoms with Gasteiger partial charge in [-0.1, -0.05) is 6.07 Å². The molecular weight excluding hydrogens is 268 g/mol. The van der Waals surface area contributed by atoms with Crippen LogP contribution in [0, 0.1) is 6.92 Å². The number of nitrogens with zero attached hydrogens (tertiary/aromatic N) is 4. The Bertz CT molecular complexity index is 811. The van der Waals surface area contributed by atoms with Crippen molar-refractivity contribution in [2.24, 2.45) is 7.05 Å². The molecule has 108 valence electrons. The Morgan fingerprint density at radius 1 is 1.24 bits per heavy atom. The maximum absolute atomic E-state index is 5.78. The Morgan fingerprint density at radius 2 is 2.05 bits per heavy atom. The summed E-state index contributed by atoms with van der Waals surface area (Å²) in [7, 11) is 3.52. The molecule has 0 spiro atoms. The SMILES string of the molecule is COc1cccc(Nc2nc(N)nc3c2nc(C)n3C)c1. The van der Waals surface area contributed by atoms with Crippen LogP contribution in [0.25, 0.3) is 11.2 Å². The molecule has 0 bridgehead atoms. The van der Waals surface area contributed by atoms with E-state index in [-0.39, 0.29) is 5.95 Å².